The summed E-state index contributed by atoms with van der Waals surface area (Å²) in [5.74, 6) is 0. The van der Waals surface area contributed by atoms with E-state index >= 15 is 0 Å². The molecule has 0 aromatic carbocycles. The van der Waals surface area contributed by atoms with Crippen molar-refractivity contribution in [3.8, 4) is 0 Å². The first-order valence-corrected chi connectivity index (χ1v) is 10.7. The second-order valence-corrected chi connectivity index (χ2v) is 10.2. The van der Waals surface area contributed by atoms with Gasteiger partial charge in [0.15, 0.2) is 0 Å². The van der Waals surface area contributed by atoms with Crippen LogP contribution in [0.2, 0.25) is 0 Å². The highest BCUT2D eigenvalue weighted by Crippen LogP contribution is 2.35. The molecule has 0 aliphatic carbocycles. The van der Waals surface area contributed by atoms with Crippen molar-refractivity contribution in [2.75, 3.05) is 28.2 Å². The molecule has 0 heterocycles. The largest absolute Gasteiger partial charge is 0.363 e. The Hall–Kier alpha value is 1.14. The second kappa shape index (κ2) is 10.8. The molecule has 3 nitrogen and oxygen atoms in total. The van der Waals surface area contributed by atoms with E-state index in [-0.39, 0.29) is 10.9 Å². The van der Waals surface area contributed by atoms with Crippen molar-refractivity contribution in [1.29, 1.82) is 0 Å². The zero-order chi connectivity index (χ0) is 15.0. The van der Waals surface area contributed by atoms with Gasteiger partial charge in [-0.25, -0.2) is 0 Å². The standard InChI is InChI=1S/C10H20N2OS6/c1-7(16-18-9(14)11(3)4)13-8(2)17-19-10(15)12(5)6/h7-8H,1-6H3. The summed E-state index contributed by atoms with van der Waals surface area (Å²) >= 11 is 10.4. The van der Waals surface area contributed by atoms with Gasteiger partial charge in [0.05, 0.1) is 0 Å². The Morgan fingerprint density at radius 1 is 0.842 bits per heavy atom. The summed E-state index contributed by atoms with van der Waals surface area (Å²) in [6, 6.07) is 0. The average Bonchev–Trinajstić information content (AvgIpc) is 2.32. The third kappa shape index (κ3) is 10.5. The van der Waals surface area contributed by atoms with Crippen LogP contribution >= 0.6 is 67.6 Å². The topological polar surface area (TPSA) is 15.7 Å². The van der Waals surface area contributed by atoms with E-state index in [1.807, 2.05) is 51.8 Å². The van der Waals surface area contributed by atoms with Crippen molar-refractivity contribution in [2.24, 2.45) is 0 Å². The maximum Gasteiger partial charge on any atom is 0.146 e. The molecule has 0 aromatic rings. The minimum Gasteiger partial charge on any atom is -0.363 e. The quantitative estimate of drug-likeness (QED) is 0.382. The van der Waals surface area contributed by atoms with Gasteiger partial charge in [-0.05, 0) is 35.4 Å². The first kappa shape index (κ1) is 20.1. The third-order valence-corrected chi connectivity index (χ3v) is 8.61. The Morgan fingerprint density at radius 3 is 1.42 bits per heavy atom. The van der Waals surface area contributed by atoms with Gasteiger partial charge in [0.25, 0.3) is 0 Å². The van der Waals surface area contributed by atoms with Gasteiger partial charge in [-0.1, -0.05) is 46.0 Å². The van der Waals surface area contributed by atoms with Gasteiger partial charge in [0, 0.05) is 28.2 Å². The van der Waals surface area contributed by atoms with E-state index in [1.54, 1.807) is 43.2 Å². The van der Waals surface area contributed by atoms with Gasteiger partial charge in [0.2, 0.25) is 0 Å². The summed E-state index contributed by atoms with van der Waals surface area (Å²) in [5.41, 5.74) is 0.165. The van der Waals surface area contributed by atoms with Crippen molar-refractivity contribution >= 4 is 76.3 Å². The molecule has 0 bridgehead atoms. The molecule has 0 N–H and O–H groups in total. The van der Waals surface area contributed by atoms with Gasteiger partial charge < -0.3 is 14.5 Å². The minimum absolute atomic E-state index is 0.0823. The molecule has 112 valence electrons. The van der Waals surface area contributed by atoms with Crippen molar-refractivity contribution < 1.29 is 4.74 Å². The SMILES string of the molecule is CC(OC(C)SSC(=S)N(C)C)SSC(=S)N(C)C. The molecule has 19 heavy (non-hydrogen) atoms. The van der Waals surface area contributed by atoms with Crippen LogP contribution in [0.4, 0.5) is 0 Å². The highest BCUT2D eigenvalue weighted by molar-refractivity contribution is 8.84. The molecule has 2 unspecified atom stereocenters. The minimum atomic E-state index is 0.0823. The predicted molar refractivity (Wildman–Crippen MR) is 103 cm³/mol. The number of rotatable bonds is 6. The highest BCUT2D eigenvalue weighted by atomic mass is 33.1. The smallest absolute Gasteiger partial charge is 0.146 e. The molecule has 0 aromatic heterocycles. The van der Waals surface area contributed by atoms with Gasteiger partial charge >= 0.3 is 0 Å². The summed E-state index contributed by atoms with van der Waals surface area (Å²) in [6.45, 7) is 4.06. The van der Waals surface area contributed by atoms with Crippen LogP contribution in [0.25, 0.3) is 0 Å². The van der Waals surface area contributed by atoms with Crippen LogP contribution in [0.1, 0.15) is 13.8 Å². The number of nitrogens with zero attached hydrogens (tertiary/aromatic N) is 2. The third-order valence-electron chi connectivity index (χ3n) is 1.62. The van der Waals surface area contributed by atoms with Crippen LogP contribution in [0.5, 0.6) is 0 Å². The van der Waals surface area contributed by atoms with Crippen LogP contribution < -0.4 is 0 Å². The van der Waals surface area contributed by atoms with Crippen LogP contribution in [-0.4, -0.2) is 57.5 Å². The summed E-state index contributed by atoms with van der Waals surface area (Å²) in [4.78, 5) is 3.84. The van der Waals surface area contributed by atoms with Crippen molar-refractivity contribution in [1.82, 2.24) is 9.80 Å². The molecule has 0 radical (unpaired) electrons. The molecule has 2 atom stereocenters. The lowest BCUT2D eigenvalue weighted by Gasteiger charge is -2.20. The van der Waals surface area contributed by atoms with Gasteiger partial charge in [-0.3, -0.25) is 0 Å². The van der Waals surface area contributed by atoms with Crippen molar-refractivity contribution in [3.63, 3.8) is 0 Å². The Balaban J connectivity index is 3.83. The molecule has 0 amide bonds. The average molecular weight is 377 g/mol. The van der Waals surface area contributed by atoms with Crippen LogP contribution in [-0.2, 0) is 4.74 Å². The summed E-state index contributed by atoms with van der Waals surface area (Å²) in [6.07, 6.45) is 0. The van der Waals surface area contributed by atoms with E-state index in [2.05, 4.69) is 0 Å². The summed E-state index contributed by atoms with van der Waals surface area (Å²) in [5, 5.41) is 0. The van der Waals surface area contributed by atoms with Crippen molar-refractivity contribution in [2.45, 2.75) is 24.7 Å². The molecule has 0 saturated heterocycles. The highest BCUT2D eigenvalue weighted by Gasteiger charge is 2.13. The van der Waals surface area contributed by atoms with Crippen LogP contribution in [0.15, 0.2) is 0 Å². The zero-order valence-corrected chi connectivity index (χ0v) is 16.8. The fourth-order valence-corrected chi connectivity index (χ4v) is 5.09. The van der Waals surface area contributed by atoms with Gasteiger partial charge in [0.1, 0.15) is 19.5 Å². The van der Waals surface area contributed by atoms with E-state index in [9.17, 15) is 0 Å². The summed E-state index contributed by atoms with van der Waals surface area (Å²) < 4.78 is 7.54. The molecular formula is C10H20N2OS6. The fourth-order valence-electron chi connectivity index (χ4n) is 0.682. The van der Waals surface area contributed by atoms with E-state index in [0.717, 1.165) is 8.64 Å². The molecule has 0 saturated carbocycles. The fraction of sp³-hybridized carbons (Fsp3) is 0.800. The maximum absolute atomic E-state index is 5.84. The molecule has 0 spiro atoms. The monoisotopic (exact) mass is 376 g/mol. The second-order valence-electron chi connectivity index (χ2n) is 3.95. The Labute approximate surface area is 143 Å². The lowest BCUT2D eigenvalue weighted by molar-refractivity contribution is 0.116. The molecule has 0 rings (SSSR count). The van der Waals surface area contributed by atoms with Crippen LogP contribution in [0, 0.1) is 0 Å². The van der Waals surface area contributed by atoms with E-state index in [1.165, 1.54) is 0 Å². The first-order valence-electron chi connectivity index (χ1n) is 5.48. The number of thiocarbonyl (C=S) groups is 2. The maximum atomic E-state index is 5.84. The number of hydrogen-bond donors (Lipinski definition) is 0. The van der Waals surface area contributed by atoms with Crippen LogP contribution in [0.3, 0.4) is 0 Å². The van der Waals surface area contributed by atoms with Gasteiger partial charge in [-0.15, -0.1) is 0 Å². The first-order chi connectivity index (χ1) is 8.73. The Kier molecular flexibility index (Phi) is 11.5. The van der Waals surface area contributed by atoms with E-state index in [0.29, 0.717) is 0 Å². The molecule has 0 aliphatic heterocycles. The number of ether oxygens (including phenoxy) is 1. The van der Waals surface area contributed by atoms with E-state index in [4.69, 9.17) is 29.2 Å². The molecule has 9 heteroatoms. The van der Waals surface area contributed by atoms with Crippen molar-refractivity contribution in [3.05, 3.63) is 0 Å². The lowest BCUT2D eigenvalue weighted by atomic mass is 10.8. The van der Waals surface area contributed by atoms with E-state index < -0.39 is 0 Å². The lowest BCUT2D eigenvalue weighted by Crippen LogP contribution is -2.17. The predicted octanol–water partition coefficient (Wildman–Crippen LogP) is 4.15. The van der Waals surface area contributed by atoms with Gasteiger partial charge in [-0.2, -0.15) is 0 Å². The Bertz CT molecular complexity index is 272. The molecule has 0 aliphatic rings. The molecule has 0 fully saturated rings. The number of hydrogen-bond acceptors (Lipinski definition) is 7. The Morgan fingerprint density at radius 2 is 1.16 bits per heavy atom. The normalized spacial score (nSPS) is 13.8. The zero-order valence-electron chi connectivity index (χ0n) is 11.9. The summed E-state index contributed by atoms with van der Waals surface area (Å²) in [7, 11) is 14.2. The molecular weight excluding hydrogens is 357 g/mol.